The van der Waals surface area contributed by atoms with E-state index in [0.29, 0.717) is 24.4 Å². The molecule has 0 bridgehead atoms. The van der Waals surface area contributed by atoms with Crippen LogP contribution in [0.25, 0.3) is 0 Å². The van der Waals surface area contributed by atoms with Crippen molar-refractivity contribution in [3.05, 3.63) is 35.1 Å². The summed E-state index contributed by atoms with van der Waals surface area (Å²) in [6.07, 6.45) is 2.50. The van der Waals surface area contributed by atoms with Gasteiger partial charge in [-0.1, -0.05) is 25.2 Å². The Morgan fingerprint density at radius 3 is 2.95 bits per heavy atom. The van der Waals surface area contributed by atoms with Crippen molar-refractivity contribution in [1.29, 1.82) is 0 Å². The van der Waals surface area contributed by atoms with Gasteiger partial charge in [-0.15, -0.1) is 0 Å². The molecule has 0 aliphatic carbocycles. The van der Waals surface area contributed by atoms with Crippen molar-refractivity contribution in [1.82, 2.24) is 4.90 Å². The van der Waals surface area contributed by atoms with E-state index < -0.39 is 0 Å². The minimum absolute atomic E-state index is 0.146. The second kappa shape index (κ2) is 6.31. The van der Waals surface area contributed by atoms with Crippen LogP contribution in [0, 0.1) is 11.7 Å². The fourth-order valence-corrected chi connectivity index (χ4v) is 2.65. The maximum Gasteiger partial charge on any atom is 0.222 e. The molecule has 0 aromatic heterocycles. The van der Waals surface area contributed by atoms with E-state index in [-0.39, 0.29) is 16.7 Å². The molecule has 0 saturated carbocycles. The zero-order valence-corrected chi connectivity index (χ0v) is 12.4. The summed E-state index contributed by atoms with van der Waals surface area (Å²) in [5, 5.41) is 0. The summed E-state index contributed by atoms with van der Waals surface area (Å²) < 4.78 is 13.3. The predicted octanol–water partition coefficient (Wildman–Crippen LogP) is 2.61. The molecule has 1 heterocycles. The van der Waals surface area contributed by atoms with Crippen molar-refractivity contribution < 1.29 is 9.18 Å². The average molecular weight is 294 g/mol. The molecule has 0 spiro atoms. The Balaban J connectivity index is 2.20. The first-order chi connectivity index (χ1) is 9.47. The molecule has 1 amide bonds. The molecule has 1 aliphatic heterocycles. The molecule has 1 unspecified atom stereocenters. The van der Waals surface area contributed by atoms with Crippen molar-refractivity contribution in [3.63, 3.8) is 0 Å². The summed E-state index contributed by atoms with van der Waals surface area (Å²) in [5.74, 6) is 0.340. The van der Waals surface area contributed by atoms with Crippen LogP contribution in [-0.2, 0) is 11.3 Å². The molecule has 5 heteroatoms. The highest BCUT2D eigenvalue weighted by molar-refractivity contribution is 7.80. The zero-order valence-electron chi connectivity index (χ0n) is 11.6. The maximum atomic E-state index is 13.3. The molecule has 2 N–H and O–H groups in total. The molecular weight excluding hydrogens is 275 g/mol. The summed E-state index contributed by atoms with van der Waals surface area (Å²) in [5.41, 5.74) is 6.96. The number of amides is 1. The molecule has 1 aromatic rings. The second-order valence-electron chi connectivity index (χ2n) is 5.41. The van der Waals surface area contributed by atoms with Crippen LogP contribution in [0.5, 0.6) is 0 Å². The molecule has 20 heavy (non-hydrogen) atoms. The molecule has 1 aromatic carbocycles. The Labute approximate surface area is 123 Å². The number of carbonyl (C=O) groups is 1. The van der Waals surface area contributed by atoms with Crippen LogP contribution in [0.15, 0.2) is 18.2 Å². The van der Waals surface area contributed by atoms with Gasteiger partial charge in [0, 0.05) is 25.1 Å². The van der Waals surface area contributed by atoms with Gasteiger partial charge in [-0.3, -0.25) is 4.79 Å². The van der Waals surface area contributed by atoms with E-state index in [0.717, 1.165) is 24.9 Å². The van der Waals surface area contributed by atoms with Gasteiger partial charge in [0.15, 0.2) is 0 Å². The highest BCUT2D eigenvalue weighted by Gasteiger charge is 2.21. The van der Waals surface area contributed by atoms with Gasteiger partial charge in [0.1, 0.15) is 10.8 Å². The number of rotatable bonds is 3. The van der Waals surface area contributed by atoms with Gasteiger partial charge in [0.2, 0.25) is 5.91 Å². The van der Waals surface area contributed by atoms with E-state index in [2.05, 4.69) is 6.92 Å². The fourth-order valence-electron chi connectivity index (χ4n) is 2.46. The Hall–Kier alpha value is -1.49. The van der Waals surface area contributed by atoms with E-state index in [1.165, 1.54) is 12.1 Å². The molecule has 3 nitrogen and oxygen atoms in total. The number of halogens is 1. The SMILES string of the molecule is CC1CCC(=O)N(Cc2ccc(F)cc2C(N)=S)CC1. The number of hydrogen-bond donors (Lipinski definition) is 1. The van der Waals surface area contributed by atoms with Gasteiger partial charge >= 0.3 is 0 Å². The van der Waals surface area contributed by atoms with Crippen LogP contribution >= 0.6 is 12.2 Å². The number of nitrogens with zero attached hydrogens (tertiary/aromatic N) is 1. The second-order valence-corrected chi connectivity index (χ2v) is 5.85. The largest absolute Gasteiger partial charge is 0.389 e. The monoisotopic (exact) mass is 294 g/mol. The molecule has 1 atom stereocenters. The van der Waals surface area contributed by atoms with Crippen molar-refractivity contribution in [2.75, 3.05) is 6.54 Å². The molecule has 1 aliphatic rings. The standard InChI is InChI=1S/C15H19FN2OS/c1-10-2-5-14(19)18(7-6-10)9-11-3-4-12(16)8-13(11)15(17)20/h3-4,8,10H,2,5-7,9H2,1H3,(H2,17,20). The minimum atomic E-state index is -0.368. The average Bonchev–Trinajstić information content (AvgIpc) is 2.56. The van der Waals surface area contributed by atoms with Crippen molar-refractivity contribution >= 4 is 23.1 Å². The normalized spacial score (nSPS) is 19.8. The van der Waals surface area contributed by atoms with Crippen LogP contribution in [0.1, 0.15) is 37.3 Å². The summed E-state index contributed by atoms with van der Waals surface area (Å²) in [4.78, 5) is 14.1. The molecule has 1 saturated heterocycles. The summed E-state index contributed by atoms with van der Waals surface area (Å²) in [6.45, 7) is 3.34. The predicted molar refractivity (Wildman–Crippen MR) is 80.7 cm³/mol. The van der Waals surface area contributed by atoms with Crippen LogP contribution in [0.2, 0.25) is 0 Å². The lowest BCUT2D eigenvalue weighted by Crippen LogP contribution is -2.30. The number of benzene rings is 1. The fraction of sp³-hybridized carbons (Fsp3) is 0.467. The van der Waals surface area contributed by atoms with Crippen LogP contribution in [0.3, 0.4) is 0 Å². The number of nitrogens with two attached hydrogens (primary N) is 1. The van der Waals surface area contributed by atoms with E-state index >= 15 is 0 Å². The first-order valence-electron chi connectivity index (χ1n) is 6.83. The number of thiocarbonyl (C=S) groups is 1. The van der Waals surface area contributed by atoms with Crippen LogP contribution in [-0.4, -0.2) is 22.3 Å². The maximum absolute atomic E-state index is 13.3. The Kier molecular flexibility index (Phi) is 4.70. The van der Waals surface area contributed by atoms with E-state index in [1.807, 2.05) is 4.90 Å². The first-order valence-corrected chi connectivity index (χ1v) is 7.24. The Morgan fingerprint density at radius 2 is 2.25 bits per heavy atom. The summed E-state index contributed by atoms with van der Waals surface area (Å²) in [7, 11) is 0. The van der Waals surface area contributed by atoms with E-state index in [4.69, 9.17) is 18.0 Å². The molecule has 1 fully saturated rings. The Morgan fingerprint density at radius 1 is 1.50 bits per heavy atom. The topological polar surface area (TPSA) is 46.3 Å². The van der Waals surface area contributed by atoms with Crippen LogP contribution in [0.4, 0.5) is 4.39 Å². The van der Waals surface area contributed by atoms with Gasteiger partial charge < -0.3 is 10.6 Å². The lowest BCUT2D eigenvalue weighted by molar-refractivity contribution is -0.131. The first kappa shape index (κ1) is 14.9. The lowest BCUT2D eigenvalue weighted by Gasteiger charge is -2.22. The van der Waals surface area contributed by atoms with Gasteiger partial charge in [0.05, 0.1) is 0 Å². The molecule has 0 radical (unpaired) electrons. The summed E-state index contributed by atoms with van der Waals surface area (Å²) in [6, 6.07) is 4.37. The van der Waals surface area contributed by atoms with Gasteiger partial charge in [-0.05, 0) is 36.5 Å². The lowest BCUT2D eigenvalue weighted by atomic mass is 10.0. The van der Waals surface area contributed by atoms with Gasteiger partial charge in [-0.2, -0.15) is 0 Å². The van der Waals surface area contributed by atoms with Crippen molar-refractivity contribution in [2.24, 2.45) is 11.7 Å². The third-order valence-electron chi connectivity index (χ3n) is 3.79. The smallest absolute Gasteiger partial charge is 0.222 e. The van der Waals surface area contributed by atoms with Crippen LogP contribution < -0.4 is 5.73 Å². The van der Waals surface area contributed by atoms with Gasteiger partial charge in [-0.25, -0.2) is 4.39 Å². The molecule has 2 rings (SSSR count). The zero-order chi connectivity index (χ0) is 14.7. The number of carbonyl (C=O) groups excluding carboxylic acids is 1. The quantitative estimate of drug-likeness (QED) is 0.872. The highest BCUT2D eigenvalue weighted by Crippen LogP contribution is 2.21. The van der Waals surface area contributed by atoms with E-state index in [9.17, 15) is 9.18 Å². The summed E-state index contributed by atoms with van der Waals surface area (Å²) >= 11 is 4.96. The highest BCUT2D eigenvalue weighted by atomic mass is 32.1. The minimum Gasteiger partial charge on any atom is -0.389 e. The Bertz CT molecular complexity index is 533. The van der Waals surface area contributed by atoms with Crippen molar-refractivity contribution in [2.45, 2.75) is 32.7 Å². The number of likely N-dealkylation sites (tertiary alicyclic amines) is 1. The molecular formula is C15H19FN2OS. The third kappa shape index (κ3) is 3.54. The van der Waals surface area contributed by atoms with Gasteiger partial charge in [0.25, 0.3) is 0 Å². The van der Waals surface area contributed by atoms with Crippen molar-refractivity contribution in [3.8, 4) is 0 Å². The van der Waals surface area contributed by atoms with E-state index in [1.54, 1.807) is 6.07 Å². The third-order valence-corrected chi connectivity index (χ3v) is 4.01. The number of hydrogen-bond acceptors (Lipinski definition) is 2. The molecule has 108 valence electrons.